The molecular weight excluding hydrogens is 1730 g/mol. The molecule has 0 unspecified atom stereocenters. The van der Waals surface area contributed by atoms with Gasteiger partial charge in [0.25, 0.3) is 18.0 Å². The van der Waals surface area contributed by atoms with Crippen LogP contribution in [0.1, 0.15) is 68.8 Å². The second-order valence-corrected chi connectivity index (χ2v) is 35.9. The summed E-state index contributed by atoms with van der Waals surface area (Å²) in [5.74, 6) is -0.173. The molecule has 0 spiro atoms. The van der Waals surface area contributed by atoms with E-state index in [0.29, 0.717) is 50.3 Å². The number of methoxy groups -OCH3 is 2. The molecule has 698 valence electrons. The summed E-state index contributed by atoms with van der Waals surface area (Å²) in [4.78, 5) is 50.4. The monoisotopic (exact) mass is 1840 g/mol. The Bertz CT molecular complexity index is 7400. The smallest absolute Gasteiger partial charge is 0.298 e. The molecule has 0 bridgehead atoms. The highest BCUT2D eigenvalue weighted by molar-refractivity contribution is 5.91. The molecule has 26 rings (SSSR count). The largest absolute Gasteiger partial charge is 0.481 e. The Kier molecular flexibility index (Phi) is 24.3. The first-order valence-corrected chi connectivity index (χ1v) is 47.2. The number of hydrogen-bond donors (Lipinski definition) is 5. The Morgan fingerprint density at radius 2 is 0.772 bits per heavy atom. The quantitative estimate of drug-likeness (QED) is 0.0502. The SMILES string of the molecule is CCn1c2c(c3ccc(F)cc31)CN(c1ccc3oc(N4CCOCC4)nc3c1)CC2.COCCNc1nc2cc(N3CCc4[nH]c5cc(F)ccc5c4C3)ccc2o1.COc1cc(N2CCc3[nH]c4cc(F)ccc4c3C2)ccn1.Cc1ccc2[nH]c3c(c2c1)CN(c1ccc2oc(N4CCOCC4)nc2c1)CC3.Fc1ccc2c3c([nH]c2c1)CCN(c1ccc(N2CCOCC2)cc1)C3. The van der Waals surface area contributed by atoms with Crippen LogP contribution in [0.5, 0.6) is 5.88 Å². The summed E-state index contributed by atoms with van der Waals surface area (Å²) in [6.07, 6.45) is 6.49. The number of benzene rings is 9. The van der Waals surface area contributed by atoms with Gasteiger partial charge in [0.05, 0.1) is 58.9 Å². The second kappa shape index (κ2) is 37.9. The molecule has 30 heteroatoms. The van der Waals surface area contributed by atoms with Crippen molar-refractivity contribution in [1.82, 2.24) is 44.4 Å². The summed E-state index contributed by atoms with van der Waals surface area (Å²) in [6, 6.07) is 60.1. The highest BCUT2D eigenvalue weighted by atomic mass is 19.1. The molecule has 17 heterocycles. The summed E-state index contributed by atoms with van der Waals surface area (Å²) in [7, 11) is 3.28. The van der Waals surface area contributed by atoms with E-state index in [0.717, 1.165) is 264 Å². The van der Waals surface area contributed by atoms with E-state index in [1.165, 1.54) is 102 Å². The minimum absolute atomic E-state index is 0.179. The molecule has 0 saturated carbocycles. The minimum atomic E-state index is -0.214. The van der Waals surface area contributed by atoms with E-state index >= 15 is 0 Å². The number of aromatic amines is 4. The van der Waals surface area contributed by atoms with Gasteiger partial charge in [-0.2, -0.15) is 15.0 Å². The van der Waals surface area contributed by atoms with Crippen molar-refractivity contribution in [3.63, 3.8) is 0 Å². The first-order chi connectivity index (χ1) is 66.7. The lowest BCUT2D eigenvalue weighted by Crippen LogP contribution is -2.36. The summed E-state index contributed by atoms with van der Waals surface area (Å²) < 4.78 is 101. The number of halogens is 4. The van der Waals surface area contributed by atoms with Crippen molar-refractivity contribution in [3.8, 4) is 5.88 Å². The number of oxazole rings is 3. The molecule has 5 N–H and O–H groups in total. The zero-order valence-corrected chi connectivity index (χ0v) is 76.7. The van der Waals surface area contributed by atoms with Gasteiger partial charge < -0.3 is 106 Å². The van der Waals surface area contributed by atoms with E-state index in [1.54, 1.807) is 56.8 Å². The summed E-state index contributed by atoms with van der Waals surface area (Å²) in [5.41, 5.74) is 31.1. The highest BCUT2D eigenvalue weighted by Crippen LogP contribution is 2.41. The molecule has 8 aliphatic rings. The van der Waals surface area contributed by atoms with Crippen LogP contribution in [0, 0.1) is 30.2 Å². The molecule has 3 saturated heterocycles. The number of hydrogen-bond acceptors (Lipinski definition) is 21. The van der Waals surface area contributed by atoms with Crippen LogP contribution < -0.4 is 49.3 Å². The van der Waals surface area contributed by atoms with Crippen molar-refractivity contribution in [2.45, 2.75) is 85.2 Å². The maximum atomic E-state index is 13.9. The van der Waals surface area contributed by atoms with Crippen LogP contribution in [0.25, 0.3) is 87.8 Å². The zero-order valence-electron chi connectivity index (χ0n) is 76.7. The maximum absolute atomic E-state index is 13.9. The van der Waals surface area contributed by atoms with Crippen LogP contribution in [-0.2, 0) is 90.3 Å². The number of H-pyrrole nitrogens is 4. The summed E-state index contributed by atoms with van der Waals surface area (Å²) >= 11 is 0. The van der Waals surface area contributed by atoms with E-state index in [1.807, 2.05) is 48.5 Å². The van der Waals surface area contributed by atoms with E-state index in [9.17, 15) is 17.6 Å². The number of aryl methyl sites for hydroxylation is 2. The fraction of sp³-hybridized carbons (Fsp3) is 0.321. The molecule has 18 aromatic rings. The molecule has 3 fully saturated rings. The number of aromatic nitrogens is 9. The predicted octanol–water partition coefficient (Wildman–Crippen LogP) is 19.4. The molecule has 26 nitrogen and oxygen atoms in total. The van der Waals surface area contributed by atoms with Crippen molar-refractivity contribution >= 4 is 140 Å². The molecule has 136 heavy (non-hydrogen) atoms. The van der Waals surface area contributed by atoms with E-state index < -0.39 is 0 Å². The fourth-order valence-electron chi connectivity index (χ4n) is 20.6. The van der Waals surface area contributed by atoms with E-state index in [-0.39, 0.29) is 23.3 Å². The molecule has 0 atom stereocenters. The third-order valence-electron chi connectivity index (χ3n) is 27.7. The first kappa shape index (κ1) is 87.2. The lowest BCUT2D eigenvalue weighted by Gasteiger charge is -2.31. The molecule has 9 aromatic carbocycles. The van der Waals surface area contributed by atoms with Crippen molar-refractivity contribution in [3.05, 3.63) is 273 Å². The summed E-state index contributed by atoms with van der Waals surface area (Å²) in [5, 5.41) is 8.94. The van der Waals surface area contributed by atoms with Gasteiger partial charge in [0, 0.05) is 309 Å². The average molecular weight is 1840 g/mol. The minimum Gasteiger partial charge on any atom is -0.481 e. The van der Waals surface area contributed by atoms with Gasteiger partial charge in [-0.15, -0.1) is 0 Å². The van der Waals surface area contributed by atoms with E-state index in [2.05, 4.69) is 178 Å². The number of anilines is 9. The number of nitrogens with zero attached hydrogens (tertiary/aromatic N) is 13. The normalized spacial score (nSPS) is 16.1. The van der Waals surface area contributed by atoms with E-state index in [4.69, 9.17) is 46.9 Å². The lowest BCUT2D eigenvalue weighted by atomic mass is 10.0. The number of morpholine rings is 3. The standard InChI is InChI=1S/C24H25FN4O2.C23H24N4O2.C21H21FN4O2.C21H22FN3O.C17H16FN3O/c1-2-29-21-7-8-28(15-19(21)18-5-3-16(25)13-22(18)29)17-4-6-23-20(14-17)26-24(31-23)27-9-11-30-12-10-27;1-15-2-4-19-17(12-15)18-14-27(7-6-20(18)24-19)16-3-5-22-21(13-16)25-23(29-22)26-8-10-28-11-9-26;1-27-9-7-23-21-25-19-11-14(3-5-20(19)28-21)26-8-6-17-16(12-26)15-4-2-13(22)10-18(15)24-17;22-15-1-6-18-19-14-25(8-7-20(19)23-21(18)13-15)17-4-2-16(3-5-17)24-9-11-26-12-10-24;1-22-17-9-12(4-6-19-17)21-7-5-15-14(10-21)13-3-2-11(18)8-16(13)20-15/h3-6,13-14H,2,7-12,15H2,1H3;2-5,12-13,24H,6-11,14H2,1H3;2-5,10-11,24H,6-9,12H2,1H3,(H,23,25);1-6,13,23H,7-12,14H2;2-4,6,8-9,20H,5,7,10H2,1H3. The van der Waals surface area contributed by atoms with Crippen molar-refractivity contribution in [2.24, 2.45) is 0 Å². The van der Waals surface area contributed by atoms with Gasteiger partial charge in [0.1, 0.15) is 39.8 Å². The van der Waals surface area contributed by atoms with Gasteiger partial charge >= 0.3 is 0 Å². The van der Waals surface area contributed by atoms with Crippen LogP contribution in [-0.4, -0.2) is 183 Å². The number of nitrogens with one attached hydrogen (secondary N) is 5. The third kappa shape index (κ3) is 17.8. The highest BCUT2D eigenvalue weighted by Gasteiger charge is 2.31. The molecule has 0 aliphatic carbocycles. The zero-order chi connectivity index (χ0) is 92.0. The number of fused-ring (bicyclic) bond motifs is 18. The first-order valence-electron chi connectivity index (χ1n) is 47.2. The van der Waals surface area contributed by atoms with Gasteiger partial charge in [0.2, 0.25) is 5.88 Å². The van der Waals surface area contributed by atoms with Crippen LogP contribution >= 0.6 is 0 Å². The van der Waals surface area contributed by atoms with Crippen molar-refractivity contribution in [1.29, 1.82) is 0 Å². The molecular formula is C106H108F4N18O8. The Morgan fingerprint density at radius 1 is 0.368 bits per heavy atom. The third-order valence-corrected chi connectivity index (χ3v) is 27.7. The van der Waals surface area contributed by atoms with Gasteiger partial charge in [-0.25, -0.2) is 22.5 Å². The van der Waals surface area contributed by atoms with Gasteiger partial charge in [0.15, 0.2) is 16.7 Å². The molecule has 0 amide bonds. The Labute approximate surface area is 782 Å². The van der Waals surface area contributed by atoms with Crippen LogP contribution in [0.4, 0.5) is 69.7 Å². The number of ether oxygens (including phenoxy) is 5. The lowest BCUT2D eigenvalue weighted by molar-refractivity contribution is 0.120. The second-order valence-electron chi connectivity index (χ2n) is 35.9. The predicted molar refractivity (Wildman–Crippen MR) is 528 cm³/mol. The topological polar surface area (TPSA) is 243 Å². The van der Waals surface area contributed by atoms with Gasteiger partial charge in [-0.05, 0) is 184 Å². The Balaban J connectivity index is 0.0000000989. The molecule has 0 radical (unpaired) electrons. The Hall–Kier alpha value is -14.2. The summed E-state index contributed by atoms with van der Waals surface area (Å²) in [6.45, 7) is 24.9. The average Bonchev–Trinajstić information content (AvgIpc) is 1.59. The molecule has 9 aromatic heterocycles. The van der Waals surface area contributed by atoms with Crippen molar-refractivity contribution in [2.75, 3.05) is 184 Å². The number of pyridine rings is 1. The molecule has 8 aliphatic heterocycles. The Morgan fingerprint density at radius 3 is 1.25 bits per heavy atom. The van der Waals surface area contributed by atoms with Crippen LogP contribution in [0.2, 0.25) is 0 Å². The van der Waals surface area contributed by atoms with Crippen LogP contribution in [0.3, 0.4) is 0 Å². The fourth-order valence-corrected chi connectivity index (χ4v) is 20.6. The number of rotatable bonds is 14. The van der Waals surface area contributed by atoms with Crippen molar-refractivity contribution < 1.29 is 54.5 Å². The maximum Gasteiger partial charge on any atom is 0.298 e. The van der Waals surface area contributed by atoms with Gasteiger partial charge in [-0.1, -0.05) is 11.6 Å². The van der Waals surface area contributed by atoms with Gasteiger partial charge in [-0.3, -0.25) is 0 Å². The van der Waals surface area contributed by atoms with Crippen LogP contribution in [0.15, 0.2) is 201 Å².